The molecule has 0 saturated carbocycles. The van der Waals surface area contributed by atoms with Crippen molar-refractivity contribution in [2.24, 2.45) is 11.8 Å². The molecule has 2 aromatic carbocycles. The molecular weight excluding hydrogens is 352 g/mol. The molecule has 0 spiro atoms. The Morgan fingerprint density at radius 3 is 2.14 bits per heavy atom. The van der Waals surface area contributed by atoms with E-state index in [1.54, 1.807) is 0 Å². The number of benzene rings is 2. The Balaban J connectivity index is 2.59. The Morgan fingerprint density at radius 2 is 1.61 bits per heavy atom. The van der Waals surface area contributed by atoms with Gasteiger partial charge in [-0.2, -0.15) is 0 Å². The van der Waals surface area contributed by atoms with Gasteiger partial charge in [0.15, 0.2) is 6.79 Å². The largest absolute Gasteiger partial charge is 0.469 e. The van der Waals surface area contributed by atoms with Gasteiger partial charge in [0.1, 0.15) is 5.75 Å². The van der Waals surface area contributed by atoms with Gasteiger partial charge in [-0.3, -0.25) is 4.79 Å². The number of aliphatic hydroxyl groups excluding tert-OH is 1. The number of esters is 1. The van der Waals surface area contributed by atoms with Crippen molar-refractivity contribution in [1.29, 1.82) is 0 Å². The average molecular weight is 385 g/mol. The highest BCUT2D eigenvalue weighted by atomic mass is 16.6. The predicted molar refractivity (Wildman–Crippen MR) is 111 cm³/mol. The second-order valence-electron chi connectivity index (χ2n) is 7.59. The minimum atomic E-state index is -0.352. The summed E-state index contributed by atoms with van der Waals surface area (Å²) < 4.78 is 10.2. The summed E-state index contributed by atoms with van der Waals surface area (Å²) in [5.74, 6) is 0.684. The van der Waals surface area contributed by atoms with Gasteiger partial charge in [-0.1, -0.05) is 69.7 Å². The van der Waals surface area contributed by atoms with E-state index in [0.717, 1.165) is 18.4 Å². The lowest BCUT2D eigenvalue weighted by Crippen LogP contribution is -2.34. The monoisotopic (exact) mass is 384 g/mol. The van der Waals surface area contributed by atoms with Gasteiger partial charge in [-0.05, 0) is 42.0 Å². The molecule has 0 radical (unpaired) electrons. The van der Waals surface area contributed by atoms with Crippen LogP contribution in [0, 0.1) is 11.8 Å². The first-order valence-corrected chi connectivity index (χ1v) is 9.94. The van der Waals surface area contributed by atoms with E-state index in [1.807, 2.05) is 49.4 Å². The zero-order valence-corrected chi connectivity index (χ0v) is 17.4. The number of methoxy groups -OCH3 is 1. The van der Waals surface area contributed by atoms with E-state index in [-0.39, 0.29) is 24.1 Å². The molecule has 0 aliphatic carbocycles. The van der Waals surface area contributed by atoms with Crippen LogP contribution in [-0.4, -0.2) is 25.0 Å². The van der Waals surface area contributed by atoms with Crippen molar-refractivity contribution in [3.8, 4) is 5.75 Å². The fourth-order valence-electron chi connectivity index (χ4n) is 3.97. The molecule has 0 amide bonds. The summed E-state index contributed by atoms with van der Waals surface area (Å²) in [7, 11) is 1.44. The zero-order valence-electron chi connectivity index (χ0n) is 17.4. The van der Waals surface area contributed by atoms with Crippen LogP contribution in [0.25, 0.3) is 0 Å². The molecule has 0 bridgehead atoms. The standard InChI is InChI=1S/C24H32O4/c1-5-18(2)15-24(16-19(3)23(26)27-4,20-9-7-6-8-10-20)21-11-13-22(14-12-21)28-17-25/h6-14,18-19,25H,5,15-17H2,1-4H3. The highest BCUT2D eigenvalue weighted by molar-refractivity contribution is 5.72. The van der Waals surface area contributed by atoms with Crippen LogP contribution in [0.4, 0.5) is 0 Å². The van der Waals surface area contributed by atoms with E-state index in [2.05, 4.69) is 26.0 Å². The van der Waals surface area contributed by atoms with Crippen molar-refractivity contribution in [1.82, 2.24) is 0 Å². The van der Waals surface area contributed by atoms with Crippen molar-refractivity contribution < 1.29 is 19.4 Å². The molecule has 152 valence electrons. The van der Waals surface area contributed by atoms with Crippen molar-refractivity contribution >= 4 is 5.97 Å². The molecule has 4 nitrogen and oxygen atoms in total. The Hall–Kier alpha value is -2.33. The highest BCUT2D eigenvalue weighted by Crippen LogP contribution is 2.44. The van der Waals surface area contributed by atoms with Crippen LogP contribution in [0.2, 0.25) is 0 Å². The van der Waals surface area contributed by atoms with Crippen molar-refractivity contribution in [3.05, 3.63) is 65.7 Å². The maximum Gasteiger partial charge on any atom is 0.308 e. The Bertz CT molecular complexity index is 726. The Morgan fingerprint density at radius 1 is 1.00 bits per heavy atom. The summed E-state index contributed by atoms with van der Waals surface area (Å²) in [5.41, 5.74) is 2.02. The first kappa shape index (κ1) is 22.0. The topological polar surface area (TPSA) is 55.8 Å². The number of ether oxygens (including phenoxy) is 2. The van der Waals surface area contributed by atoms with Gasteiger partial charge >= 0.3 is 5.97 Å². The molecule has 3 unspecified atom stereocenters. The van der Waals surface area contributed by atoms with E-state index in [1.165, 1.54) is 12.7 Å². The molecule has 2 aromatic rings. The van der Waals surface area contributed by atoms with E-state index < -0.39 is 0 Å². The number of rotatable bonds is 10. The van der Waals surface area contributed by atoms with Crippen LogP contribution in [0.15, 0.2) is 54.6 Å². The summed E-state index contributed by atoms with van der Waals surface area (Å²) in [6.45, 7) is 6.03. The molecule has 0 aromatic heterocycles. The van der Waals surface area contributed by atoms with E-state index in [4.69, 9.17) is 14.6 Å². The molecule has 2 rings (SSSR count). The van der Waals surface area contributed by atoms with Crippen LogP contribution < -0.4 is 4.74 Å². The minimum Gasteiger partial charge on any atom is -0.469 e. The van der Waals surface area contributed by atoms with E-state index in [0.29, 0.717) is 18.1 Å². The normalized spacial score (nSPS) is 15.3. The third kappa shape index (κ3) is 5.14. The van der Waals surface area contributed by atoms with Crippen LogP contribution in [0.1, 0.15) is 51.2 Å². The molecular formula is C24H32O4. The predicted octanol–water partition coefficient (Wildman–Crippen LogP) is 4.94. The van der Waals surface area contributed by atoms with Crippen molar-refractivity contribution in [3.63, 3.8) is 0 Å². The van der Waals surface area contributed by atoms with Crippen LogP contribution >= 0.6 is 0 Å². The number of carbonyl (C=O) groups is 1. The Kier molecular flexibility index (Phi) is 8.06. The van der Waals surface area contributed by atoms with Gasteiger partial charge < -0.3 is 14.6 Å². The number of hydrogen-bond donors (Lipinski definition) is 1. The summed E-state index contributed by atoms with van der Waals surface area (Å²) in [4.78, 5) is 12.3. The van der Waals surface area contributed by atoms with Gasteiger partial charge in [0, 0.05) is 5.41 Å². The zero-order chi connectivity index (χ0) is 20.6. The lowest BCUT2D eigenvalue weighted by molar-refractivity contribution is -0.145. The van der Waals surface area contributed by atoms with E-state index in [9.17, 15) is 4.79 Å². The van der Waals surface area contributed by atoms with Gasteiger partial charge in [-0.25, -0.2) is 0 Å². The lowest BCUT2D eigenvalue weighted by Gasteiger charge is -2.39. The number of hydrogen-bond acceptors (Lipinski definition) is 4. The number of carbonyl (C=O) groups excluding carboxylic acids is 1. The third-order valence-electron chi connectivity index (χ3n) is 5.62. The van der Waals surface area contributed by atoms with Crippen LogP contribution in [0.5, 0.6) is 5.75 Å². The lowest BCUT2D eigenvalue weighted by atomic mass is 9.64. The molecule has 1 N–H and O–H groups in total. The summed E-state index contributed by atoms with van der Waals surface area (Å²) in [5, 5.41) is 9.01. The molecule has 4 heteroatoms. The van der Waals surface area contributed by atoms with E-state index >= 15 is 0 Å². The summed E-state index contributed by atoms with van der Waals surface area (Å²) in [6, 6.07) is 18.2. The molecule has 0 aliphatic rings. The first-order chi connectivity index (χ1) is 13.5. The second kappa shape index (κ2) is 10.3. The third-order valence-corrected chi connectivity index (χ3v) is 5.62. The minimum absolute atomic E-state index is 0.190. The smallest absolute Gasteiger partial charge is 0.308 e. The highest BCUT2D eigenvalue weighted by Gasteiger charge is 2.38. The molecule has 0 fully saturated rings. The maximum atomic E-state index is 12.3. The molecule has 3 atom stereocenters. The summed E-state index contributed by atoms with van der Waals surface area (Å²) in [6.07, 6.45) is 2.65. The summed E-state index contributed by atoms with van der Waals surface area (Å²) >= 11 is 0. The van der Waals surface area contributed by atoms with Crippen molar-refractivity contribution in [2.45, 2.75) is 45.4 Å². The van der Waals surface area contributed by atoms with Gasteiger partial charge in [0.25, 0.3) is 0 Å². The average Bonchev–Trinajstić information content (AvgIpc) is 2.73. The molecule has 0 heterocycles. The fourth-order valence-corrected chi connectivity index (χ4v) is 3.97. The number of aliphatic hydroxyl groups is 1. The van der Waals surface area contributed by atoms with Gasteiger partial charge in [-0.15, -0.1) is 0 Å². The quantitative estimate of drug-likeness (QED) is 0.466. The van der Waals surface area contributed by atoms with Gasteiger partial charge in [0.05, 0.1) is 13.0 Å². The second-order valence-corrected chi connectivity index (χ2v) is 7.59. The molecule has 0 aliphatic heterocycles. The SMILES string of the molecule is CCC(C)CC(CC(C)C(=O)OC)(c1ccccc1)c1ccc(OCO)cc1. The van der Waals surface area contributed by atoms with Gasteiger partial charge in [0.2, 0.25) is 0 Å². The Labute approximate surface area is 168 Å². The van der Waals surface area contributed by atoms with Crippen LogP contribution in [0.3, 0.4) is 0 Å². The maximum absolute atomic E-state index is 12.3. The molecule has 28 heavy (non-hydrogen) atoms. The molecule has 0 saturated heterocycles. The first-order valence-electron chi connectivity index (χ1n) is 9.94. The van der Waals surface area contributed by atoms with Crippen LogP contribution in [-0.2, 0) is 14.9 Å². The fraction of sp³-hybridized carbons (Fsp3) is 0.458. The van der Waals surface area contributed by atoms with Crippen molar-refractivity contribution in [2.75, 3.05) is 13.9 Å².